The van der Waals surface area contributed by atoms with E-state index in [1.807, 2.05) is 30.3 Å². The zero-order valence-corrected chi connectivity index (χ0v) is 18.7. The van der Waals surface area contributed by atoms with E-state index in [1.54, 1.807) is 48.5 Å². The molecule has 30 heavy (non-hydrogen) atoms. The monoisotopic (exact) mass is 488 g/mol. The average molecular weight is 489 g/mol. The number of sulfonamides is 1. The fourth-order valence-corrected chi connectivity index (χ4v) is 4.23. The van der Waals surface area contributed by atoms with Crippen molar-refractivity contribution < 1.29 is 17.9 Å². The average Bonchev–Trinajstić information content (AvgIpc) is 2.72. The number of rotatable bonds is 8. The van der Waals surface area contributed by atoms with Crippen LogP contribution in [0.4, 0.5) is 11.4 Å². The number of nitrogens with one attached hydrogen (secondary N) is 1. The highest BCUT2D eigenvalue weighted by molar-refractivity contribution is 9.10. The van der Waals surface area contributed by atoms with Crippen molar-refractivity contribution >= 4 is 43.2 Å². The minimum atomic E-state index is -3.65. The van der Waals surface area contributed by atoms with E-state index in [2.05, 4.69) is 21.2 Å². The molecule has 0 aliphatic heterocycles. The maximum Gasteiger partial charge on any atom is 0.245 e. The number of hydrogen-bond acceptors (Lipinski definition) is 4. The summed E-state index contributed by atoms with van der Waals surface area (Å²) in [7, 11) is -3.65. The van der Waals surface area contributed by atoms with Crippen LogP contribution in [0.15, 0.2) is 83.3 Å². The van der Waals surface area contributed by atoms with E-state index < -0.39 is 15.9 Å². The van der Waals surface area contributed by atoms with Crippen LogP contribution in [-0.2, 0) is 21.4 Å². The maximum absolute atomic E-state index is 12.5. The van der Waals surface area contributed by atoms with E-state index >= 15 is 0 Å². The second-order valence-electron chi connectivity index (χ2n) is 6.57. The molecule has 0 atom stereocenters. The van der Waals surface area contributed by atoms with Crippen LogP contribution in [0, 0.1) is 0 Å². The van der Waals surface area contributed by atoms with Crippen LogP contribution in [-0.4, -0.2) is 27.1 Å². The highest BCUT2D eigenvalue weighted by Crippen LogP contribution is 2.27. The third-order valence-electron chi connectivity index (χ3n) is 4.20. The van der Waals surface area contributed by atoms with Gasteiger partial charge in [0.1, 0.15) is 18.9 Å². The van der Waals surface area contributed by atoms with Gasteiger partial charge in [0.15, 0.2) is 0 Å². The van der Waals surface area contributed by atoms with Crippen LogP contribution in [0.5, 0.6) is 5.75 Å². The summed E-state index contributed by atoms with van der Waals surface area (Å²) in [6.45, 7) is 0.107. The molecule has 6 nitrogen and oxygen atoms in total. The van der Waals surface area contributed by atoms with Gasteiger partial charge in [0.2, 0.25) is 15.9 Å². The maximum atomic E-state index is 12.5. The van der Waals surface area contributed by atoms with Crippen molar-refractivity contribution in [3.8, 4) is 5.75 Å². The summed E-state index contributed by atoms with van der Waals surface area (Å²) in [6.07, 6.45) is 1.07. The Kier molecular flexibility index (Phi) is 7.12. The molecule has 0 spiro atoms. The summed E-state index contributed by atoms with van der Waals surface area (Å²) in [5, 5.41) is 2.72. The van der Waals surface area contributed by atoms with Gasteiger partial charge in [-0.1, -0.05) is 42.5 Å². The first-order valence-electron chi connectivity index (χ1n) is 9.12. The van der Waals surface area contributed by atoms with E-state index in [1.165, 1.54) is 0 Å². The predicted molar refractivity (Wildman–Crippen MR) is 122 cm³/mol. The molecule has 0 aliphatic carbocycles. The lowest BCUT2D eigenvalue weighted by molar-refractivity contribution is -0.114. The second kappa shape index (κ2) is 9.77. The minimum absolute atomic E-state index is 0.340. The molecule has 0 bridgehead atoms. The van der Waals surface area contributed by atoms with Gasteiger partial charge in [0.25, 0.3) is 0 Å². The zero-order valence-electron chi connectivity index (χ0n) is 16.3. The molecule has 0 saturated carbocycles. The third kappa shape index (κ3) is 6.08. The Balaban J connectivity index is 1.62. The minimum Gasteiger partial charge on any atom is -0.489 e. The second-order valence-corrected chi connectivity index (χ2v) is 9.33. The standard InChI is InChI=1S/C22H21BrN2O4S/c1-30(27,28)25(21-10-6-5-9-20(21)23)15-22(26)24-18-11-13-19(14-12-18)29-16-17-7-3-2-4-8-17/h2-14H,15-16H2,1H3,(H,24,26). The Morgan fingerprint density at radius 2 is 1.60 bits per heavy atom. The first-order valence-corrected chi connectivity index (χ1v) is 11.8. The fraction of sp³-hybridized carbons (Fsp3) is 0.136. The van der Waals surface area contributed by atoms with Crippen LogP contribution in [0.2, 0.25) is 0 Å². The summed E-state index contributed by atoms with van der Waals surface area (Å²) >= 11 is 3.33. The number of amides is 1. The predicted octanol–water partition coefficient (Wildman–Crippen LogP) is 4.43. The Morgan fingerprint density at radius 3 is 2.23 bits per heavy atom. The molecule has 0 unspecified atom stereocenters. The van der Waals surface area contributed by atoms with Crippen molar-refractivity contribution in [1.82, 2.24) is 0 Å². The number of para-hydroxylation sites is 1. The van der Waals surface area contributed by atoms with Gasteiger partial charge in [-0.15, -0.1) is 0 Å². The van der Waals surface area contributed by atoms with Crippen LogP contribution in [0.1, 0.15) is 5.56 Å². The summed E-state index contributed by atoms with van der Waals surface area (Å²) < 4.78 is 31.8. The summed E-state index contributed by atoms with van der Waals surface area (Å²) in [5.74, 6) is 0.219. The van der Waals surface area contributed by atoms with Crippen LogP contribution in [0.25, 0.3) is 0 Å². The molecule has 0 radical (unpaired) electrons. The number of anilines is 2. The number of nitrogens with zero attached hydrogens (tertiary/aromatic N) is 1. The summed E-state index contributed by atoms with van der Waals surface area (Å²) in [5.41, 5.74) is 2.01. The van der Waals surface area contributed by atoms with Crippen molar-refractivity contribution in [2.24, 2.45) is 0 Å². The lowest BCUT2D eigenvalue weighted by Crippen LogP contribution is -2.37. The van der Waals surface area contributed by atoms with Gasteiger partial charge >= 0.3 is 0 Å². The topological polar surface area (TPSA) is 75.7 Å². The van der Waals surface area contributed by atoms with E-state index in [-0.39, 0.29) is 6.54 Å². The Morgan fingerprint density at radius 1 is 0.967 bits per heavy atom. The molecule has 8 heteroatoms. The Bertz CT molecular complexity index is 1100. The highest BCUT2D eigenvalue weighted by Gasteiger charge is 2.22. The first-order chi connectivity index (χ1) is 14.3. The lowest BCUT2D eigenvalue weighted by Gasteiger charge is -2.23. The Hall–Kier alpha value is -2.84. The van der Waals surface area contributed by atoms with Gasteiger partial charge in [-0.2, -0.15) is 0 Å². The molecule has 0 aliphatic rings. The molecule has 0 aromatic heterocycles. The molecule has 1 N–H and O–H groups in total. The van der Waals surface area contributed by atoms with Crippen molar-refractivity contribution in [3.63, 3.8) is 0 Å². The van der Waals surface area contributed by atoms with E-state index in [0.29, 0.717) is 28.2 Å². The molecule has 0 heterocycles. The summed E-state index contributed by atoms with van der Waals surface area (Å²) in [4.78, 5) is 12.5. The number of ether oxygens (including phenoxy) is 1. The van der Waals surface area contributed by atoms with Crippen molar-refractivity contribution in [2.45, 2.75) is 6.61 Å². The molecule has 156 valence electrons. The quantitative estimate of drug-likeness (QED) is 0.508. The number of hydrogen-bond donors (Lipinski definition) is 1. The fourth-order valence-electron chi connectivity index (χ4n) is 2.74. The SMILES string of the molecule is CS(=O)(=O)N(CC(=O)Nc1ccc(OCc2ccccc2)cc1)c1ccccc1Br. The lowest BCUT2D eigenvalue weighted by atomic mass is 10.2. The smallest absolute Gasteiger partial charge is 0.245 e. The number of benzene rings is 3. The van der Waals surface area contributed by atoms with Gasteiger partial charge in [-0.25, -0.2) is 8.42 Å². The van der Waals surface area contributed by atoms with E-state index in [9.17, 15) is 13.2 Å². The molecular formula is C22H21BrN2O4S. The largest absolute Gasteiger partial charge is 0.489 e. The normalized spacial score (nSPS) is 11.0. The van der Waals surface area contributed by atoms with Crippen LogP contribution < -0.4 is 14.4 Å². The molecule has 3 aromatic rings. The number of carbonyl (C=O) groups is 1. The highest BCUT2D eigenvalue weighted by atomic mass is 79.9. The van der Waals surface area contributed by atoms with Gasteiger partial charge in [0, 0.05) is 10.2 Å². The van der Waals surface area contributed by atoms with Crippen LogP contribution in [0.3, 0.4) is 0 Å². The Labute approximate surface area is 184 Å². The molecule has 1 amide bonds. The van der Waals surface area contributed by atoms with Gasteiger partial charge in [-0.3, -0.25) is 9.10 Å². The third-order valence-corrected chi connectivity index (χ3v) is 5.99. The zero-order chi connectivity index (χ0) is 21.6. The number of carbonyl (C=O) groups excluding carboxylic acids is 1. The van der Waals surface area contributed by atoms with Crippen molar-refractivity contribution in [3.05, 3.63) is 88.9 Å². The number of halogens is 1. The van der Waals surface area contributed by atoms with Gasteiger partial charge < -0.3 is 10.1 Å². The van der Waals surface area contributed by atoms with E-state index in [0.717, 1.165) is 16.1 Å². The van der Waals surface area contributed by atoms with Gasteiger partial charge in [-0.05, 0) is 57.9 Å². The van der Waals surface area contributed by atoms with E-state index in [4.69, 9.17) is 4.74 Å². The molecule has 0 fully saturated rings. The van der Waals surface area contributed by atoms with Crippen molar-refractivity contribution in [2.75, 3.05) is 22.4 Å². The molecule has 3 aromatic carbocycles. The van der Waals surface area contributed by atoms with Gasteiger partial charge in [0.05, 0.1) is 11.9 Å². The molecular weight excluding hydrogens is 468 g/mol. The molecule has 3 rings (SSSR count). The summed E-state index contributed by atoms with van der Waals surface area (Å²) in [6, 6.07) is 23.6. The molecule has 0 saturated heterocycles. The van der Waals surface area contributed by atoms with Crippen LogP contribution >= 0.6 is 15.9 Å². The van der Waals surface area contributed by atoms with Crippen molar-refractivity contribution in [1.29, 1.82) is 0 Å². The first kappa shape index (κ1) is 21.9.